The molecule has 1 aromatic carbocycles. The Morgan fingerprint density at radius 1 is 1.33 bits per heavy atom. The molecule has 0 saturated carbocycles. The second-order valence-electron chi connectivity index (χ2n) is 5.09. The maximum absolute atomic E-state index is 12.3. The molecule has 1 fully saturated rings. The van der Waals surface area contributed by atoms with Crippen molar-refractivity contribution in [3.05, 3.63) is 24.3 Å². The number of nitrogens with two attached hydrogens (primary N) is 1. The zero-order chi connectivity index (χ0) is 13.1. The zero-order valence-corrected chi connectivity index (χ0v) is 11.0. The van der Waals surface area contributed by atoms with Crippen LogP contribution in [0.3, 0.4) is 0 Å². The molecule has 0 bridgehead atoms. The van der Waals surface area contributed by atoms with E-state index in [1.165, 1.54) is 6.42 Å². The first-order valence-corrected chi connectivity index (χ1v) is 6.53. The van der Waals surface area contributed by atoms with Crippen molar-refractivity contribution in [1.82, 2.24) is 4.90 Å². The van der Waals surface area contributed by atoms with Crippen LogP contribution >= 0.6 is 0 Å². The third kappa shape index (κ3) is 2.75. The van der Waals surface area contributed by atoms with Gasteiger partial charge >= 0.3 is 6.03 Å². The van der Waals surface area contributed by atoms with Crippen LogP contribution in [-0.2, 0) is 0 Å². The molecule has 18 heavy (non-hydrogen) atoms. The van der Waals surface area contributed by atoms with Crippen molar-refractivity contribution in [2.45, 2.75) is 45.2 Å². The first-order chi connectivity index (χ1) is 8.58. The lowest BCUT2D eigenvalue weighted by molar-refractivity contribution is 0.133. The second-order valence-corrected chi connectivity index (χ2v) is 5.09. The first kappa shape index (κ1) is 12.7. The third-order valence-corrected chi connectivity index (χ3v) is 3.57. The van der Waals surface area contributed by atoms with Gasteiger partial charge in [-0.15, -0.1) is 0 Å². The van der Waals surface area contributed by atoms with E-state index in [0.29, 0.717) is 17.8 Å². The predicted molar refractivity (Wildman–Crippen MR) is 74.5 cm³/mol. The van der Waals surface area contributed by atoms with Crippen LogP contribution < -0.4 is 11.1 Å². The number of nitrogens with zero attached hydrogens (tertiary/aromatic N) is 1. The van der Waals surface area contributed by atoms with Gasteiger partial charge in [0.25, 0.3) is 0 Å². The van der Waals surface area contributed by atoms with Crippen molar-refractivity contribution in [3.63, 3.8) is 0 Å². The molecule has 4 heteroatoms. The number of nitrogen functional groups attached to an aromatic ring is 1. The topological polar surface area (TPSA) is 58.4 Å². The van der Waals surface area contributed by atoms with Gasteiger partial charge in [-0.1, -0.05) is 6.07 Å². The number of anilines is 2. The Kier molecular flexibility index (Phi) is 3.75. The van der Waals surface area contributed by atoms with Crippen LogP contribution in [0.4, 0.5) is 16.2 Å². The normalized spacial score (nSPS) is 23.8. The van der Waals surface area contributed by atoms with Gasteiger partial charge in [-0.05, 0) is 51.3 Å². The number of amides is 2. The number of urea groups is 1. The van der Waals surface area contributed by atoms with E-state index in [4.69, 9.17) is 5.73 Å². The van der Waals surface area contributed by atoms with Crippen LogP contribution in [0.2, 0.25) is 0 Å². The van der Waals surface area contributed by atoms with E-state index in [1.807, 2.05) is 23.1 Å². The average Bonchev–Trinajstić information content (AvgIpc) is 2.28. The van der Waals surface area contributed by atoms with Gasteiger partial charge < -0.3 is 16.0 Å². The summed E-state index contributed by atoms with van der Waals surface area (Å²) < 4.78 is 0. The summed E-state index contributed by atoms with van der Waals surface area (Å²) in [5.74, 6) is 0. The SMILES string of the molecule is C[C@@H]1CCC[C@H](C)N1C(=O)Nc1cccc(N)c1. The molecule has 1 saturated heterocycles. The van der Waals surface area contributed by atoms with E-state index in [0.717, 1.165) is 18.5 Å². The highest BCUT2D eigenvalue weighted by Crippen LogP contribution is 2.23. The van der Waals surface area contributed by atoms with Crippen molar-refractivity contribution in [1.29, 1.82) is 0 Å². The molecule has 2 rings (SSSR count). The number of piperidine rings is 1. The molecule has 3 N–H and O–H groups in total. The fourth-order valence-corrected chi connectivity index (χ4v) is 2.63. The average molecular weight is 247 g/mol. The highest BCUT2D eigenvalue weighted by molar-refractivity contribution is 5.90. The maximum Gasteiger partial charge on any atom is 0.322 e. The number of carbonyl (C=O) groups excluding carboxylic acids is 1. The van der Waals surface area contributed by atoms with Crippen LogP contribution in [0.25, 0.3) is 0 Å². The molecule has 2 amide bonds. The first-order valence-electron chi connectivity index (χ1n) is 6.53. The van der Waals surface area contributed by atoms with Crippen LogP contribution in [0, 0.1) is 0 Å². The molecular weight excluding hydrogens is 226 g/mol. The Labute approximate surface area is 108 Å². The summed E-state index contributed by atoms with van der Waals surface area (Å²) in [5, 5.41) is 2.92. The Bertz CT molecular complexity index is 423. The molecule has 0 spiro atoms. The van der Waals surface area contributed by atoms with E-state index in [2.05, 4.69) is 19.2 Å². The number of likely N-dealkylation sites (tertiary alicyclic amines) is 1. The lowest BCUT2D eigenvalue weighted by atomic mass is 9.98. The predicted octanol–water partition coefficient (Wildman–Crippen LogP) is 3.06. The van der Waals surface area contributed by atoms with Gasteiger partial charge in [0.2, 0.25) is 0 Å². The Hall–Kier alpha value is -1.71. The molecule has 1 aliphatic heterocycles. The standard InChI is InChI=1S/C14H21N3O/c1-10-5-3-6-11(2)17(10)14(18)16-13-8-4-7-12(15)9-13/h4,7-11H,3,5-6,15H2,1-2H3,(H,16,18)/t10-,11+. The summed E-state index contributed by atoms with van der Waals surface area (Å²) >= 11 is 0. The zero-order valence-electron chi connectivity index (χ0n) is 11.0. The molecule has 0 radical (unpaired) electrons. The van der Waals surface area contributed by atoms with Gasteiger partial charge in [0.15, 0.2) is 0 Å². The van der Waals surface area contributed by atoms with Gasteiger partial charge in [0, 0.05) is 23.5 Å². The molecule has 1 heterocycles. The van der Waals surface area contributed by atoms with E-state index in [1.54, 1.807) is 6.07 Å². The summed E-state index contributed by atoms with van der Waals surface area (Å²) in [6, 6.07) is 7.85. The van der Waals surface area contributed by atoms with Crippen molar-refractivity contribution in [3.8, 4) is 0 Å². The summed E-state index contributed by atoms with van der Waals surface area (Å²) in [5.41, 5.74) is 7.12. The molecule has 0 unspecified atom stereocenters. The van der Waals surface area contributed by atoms with Crippen molar-refractivity contribution in [2.75, 3.05) is 11.1 Å². The van der Waals surface area contributed by atoms with E-state index < -0.39 is 0 Å². The number of carbonyl (C=O) groups is 1. The molecular formula is C14H21N3O. The van der Waals surface area contributed by atoms with Gasteiger partial charge in [0.05, 0.1) is 0 Å². The lowest BCUT2D eigenvalue weighted by Crippen LogP contribution is -2.49. The molecule has 98 valence electrons. The van der Waals surface area contributed by atoms with Crippen molar-refractivity contribution >= 4 is 17.4 Å². The van der Waals surface area contributed by atoms with E-state index >= 15 is 0 Å². The van der Waals surface area contributed by atoms with Gasteiger partial charge in [-0.2, -0.15) is 0 Å². The molecule has 0 aliphatic carbocycles. The number of nitrogens with one attached hydrogen (secondary N) is 1. The summed E-state index contributed by atoms with van der Waals surface area (Å²) in [6.45, 7) is 4.21. The van der Waals surface area contributed by atoms with Crippen LogP contribution in [0.1, 0.15) is 33.1 Å². The smallest absolute Gasteiger partial charge is 0.322 e. The lowest BCUT2D eigenvalue weighted by Gasteiger charge is -2.38. The van der Waals surface area contributed by atoms with Crippen LogP contribution in [0.5, 0.6) is 0 Å². The van der Waals surface area contributed by atoms with E-state index in [9.17, 15) is 4.79 Å². The molecule has 2 atom stereocenters. The van der Waals surface area contributed by atoms with Crippen LogP contribution in [0.15, 0.2) is 24.3 Å². The largest absolute Gasteiger partial charge is 0.399 e. The highest BCUT2D eigenvalue weighted by atomic mass is 16.2. The number of hydrogen-bond acceptors (Lipinski definition) is 2. The quantitative estimate of drug-likeness (QED) is 0.749. The minimum atomic E-state index is -0.0275. The summed E-state index contributed by atoms with van der Waals surface area (Å²) in [7, 11) is 0. The Morgan fingerprint density at radius 2 is 2.00 bits per heavy atom. The number of hydrogen-bond donors (Lipinski definition) is 2. The Balaban J connectivity index is 2.07. The maximum atomic E-state index is 12.3. The molecule has 4 nitrogen and oxygen atoms in total. The fourth-order valence-electron chi connectivity index (χ4n) is 2.63. The molecule has 1 aliphatic rings. The minimum absolute atomic E-state index is 0.0275. The minimum Gasteiger partial charge on any atom is -0.399 e. The third-order valence-electron chi connectivity index (χ3n) is 3.57. The summed E-state index contributed by atoms with van der Waals surface area (Å²) in [4.78, 5) is 14.2. The monoisotopic (exact) mass is 247 g/mol. The van der Waals surface area contributed by atoms with Gasteiger partial charge in [0.1, 0.15) is 0 Å². The fraction of sp³-hybridized carbons (Fsp3) is 0.500. The molecule has 0 aromatic heterocycles. The number of benzene rings is 1. The van der Waals surface area contributed by atoms with Crippen LogP contribution in [-0.4, -0.2) is 23.0 Å². The van der Waals surface area contributed by atoms with Gasteiger partial charge in [-0.25, -0.2) is 4.79 Å². The van der Waals surface area contributed by atoms with Crippen molar-refractivity contribution < 1.29 is 4.79 Å². The Morgan fingerprint density at radius 3 is 2.61 bits per heavy atom. The summed E-state index contributed by atoms with van der Waals surface area (Å²) in [6.07, 6.45) is 3.35. The van der Waals surface area contributed by atoms with Gasteiger partial charge in [-0.3, -0.25) is 0 Å². The highest BCUT2D eigenvalue weighted by Gasteiger charge is 2.28. The second kappa shape index (κ2) is 5.29. The number of rotatable bonds is 1. The van der Waals surface area contributed by atoms with Crippen molar-refractivity contribution in [2.24, 2.45) is 0 Å². The van der Waals surface area contributed by atoms with E-state index in [-0.39, 0.29) is 6.03 Å². The molecule has 1 aromatic rings.